The molecule has 1 aromatic heterocycles. The Hall–Kier alpha value is -3.13. The van der Waals surface area contributed by atoms with E-state index >= 15 is 0 Å². The molecular formula is C23H24F2N4O2. The predicted octanol–water partition coefficient (Wildman–Crippen LogP) is 3.60. The zero-order chi connectivity index (χ0) is 21.8. The van der Waals surface area contributed by atoms with Gasteiger partial charge in [0.05, 0.1) is 6.54 Å². The molecule has 1 saturated heterocycles. The van der Waals surface area contributed by atoms with Gasteiger partial charge in [-0.3, -0.25) is 9.69 Å². The standard InChI is InChI=1S/C23H24F2N4O2/c1-16-4-2-3-5-19(16)23-26-21(31-27-23)15-28-10-12-29(13-11-28)22(30)9-6-17-14-18(24)7-8-20(17)25/h2-5,7-8,14H,6,9-13,15H2,1H3. The summed E-state index contributed by atoms with van der Waals surface area (Å²) in [4.78, 5) is 20.9. The number of amides is 1. The molecule has 0 bridgehead atoms. The molecule has 1 aliphatic heterocycles. The summed E-state index contributed by atoms with van der Waals surface area (Å²) < 4.78 is 32.4. The van der Waals surface area contributed by atoms with Crippen LogP contribution in [0.25, 0.3) is 11.4 Å². The third kappa shape index (κ3) is 5.14. The Bertz CT molecular complexity index is 1060. The number of nitrogens with zero attached hydrogens (tertiary/aromatic N) is 4. The Morgan fingerprint density at radius 2 is 1.87 bits per heavy atom. The summed E-state index contributed by atoms with van der Waals surface area (Å²) in [6.07, 6.45) is 0.343. The molecular weight excluding hydrogens is 402 g/mol. The molecule has 0 N–H and O–H groups in total. The van der Waals surface area contributed by atoms with E-state index in [9.17, 15) is 13.6 Å². The Labute approximate surface area is 179 Å². The fourth-order valence-corrected chi connectivity index (χ4v) is 3.73. The maximum atomic E-state index is 13.7. The number of hydrogen-bond donors (Lipinski definition) is 0. The lowest BCUT2D eigenvalue weighted by Crippen LogP contribution is -2.48. The first-order chi connectivity index (χ1) is 15.0. The number of benzene rings is 2. The predicted molar refractivity (Wildman–Crippen MR) is 111 cm³/mol. The second-order valence-corrected chi connectivity index (χ2v) is 7.72. The summed E-state index contributed by atoms with van der Waals surface area (Å²) in [5.74, 6) is 0.0850. The summed E-state index contributed by atoms with van der Waals surface area (Å²) in [6.45, 7) is 5.04. The van der Waals surface area contributed by atoms with Crippen LogP contribution in [0.1, 0.15) is 23.4 Å². The van der Waals surface area contributed by atoms with Crippen molar-refractivity contribution >= 4 is 5.91 Å². The normalized spacial score (nSPS) is 14.7. The van der Waals surface area contributed by atoms with Crippen molar-refractivity contribution in [2.45, 2.75) is 26.3 Å². The molecule has 3 aromatic rings. The largest absolute Gasteiger partial charge is 0.340 e. The van der Waals surface area contributed by atoms with Gasteiger partial charge < -0.3 is 9.42 Å². The van der Waals surface area contributed by atoms with E-state index in [1.165, 1.54) is 0 Å². The lowest BCUT2D eigenvalue weighted by molar-refractivity contribution is -0.133. The Morgan fingerprint density at radius 1 is 1.10 bits per heavy atom. The van der Waals surface area contributed by atoms with Gasteiger partial charge in [0.15, 0.2) is 0 Å². The van der Waals surface area contributed by atoms with Crippen molar-refractivity contribution in [2.75, 3.05) is 26.2 Å². The second kappa shape index (κ2) is 9.34. The Balaban J connectivity index is 1.27. The molecule has 0 atom stereocenters. The molecule has 1 fully saturated rings. The minimum absolute atomic E-state index is 0.0528. The lowest BCUT2D eigenvalue weighted by Gasteiger charge is -2.34. The van der Waals surface area contributed by atoms with Crippen molar-refractivity contribution in [1.29, 1.82) is 0 Å². The smallest absolute Gasteiger partial charge is 0.241 e. The van der Waals surface area contributed by atoms with Crippen LogP contribution in [-0.2, 0) is 17.8 Å². The van der Waals surface area contributed by atoms with Crippen molar-refractivity contribution < 1.29 is 18.1 Å². The Morgan fingerprint density at radius 3 is 2.65 bits per heavy atom. The van der Waals surface area contributed by atoms with Gasteiger partial charge in [-0.05, 0) is 42.7 Å². The average molecular weight is 426 g/mol. The molecule has 162 valence electrons. The molecule has 2 aromatic carbocycles. The first kappa shape index (κ1) is 21.1. The fourth-order valence-electron chi connectivity index (χ4n) is 3.73. The van der Waals surface area contributed by atoms with Crippen LogP contribution in [0, 0.1) is 18.6 Å². The number of carbonyl (C=O) groups is 1. The summed E-state index contributed by atoms with van der Waals surface area (Å²) in [5, 5.41) is 4.09. The SMILES string of the molecule is Cc1ccccc1-c1noc(CN2CCN(C(=O)CCc3cc(F)ccc3F)CC2)n1. The highest BCUT2D eigenvalue weighted by Gasteiger charge is 2.23. The minimum Gasteiger partial charge on any atom is -0.340 e. The van der Waals surface area contributed by atoms with Crippen LogP contribution in [0.3, 0.4) is 0 Å². The van der Waals surface area contributed by atoms with Gasteiger partial charge >= 0.3 is 0 Å². The number of aromatic nitrogens is 2. The molecule has 0 spiro atoms. The van der Waals surface area contributed by atoms with Gasteiger partial charge in [0.25, 0.3) is 0 Å². The van der Waals surface area contributed by atoms with Crippen molar-refractivity contribution in [1.82, 2.24) is 19.9 Å². The van der Waals surface area contributed by atoms with Gasteiger partial charge in [-0.25, -0.2) is 8.78 Å². The average Bonchev–Trinajstić information content (AvgIpc) is 3.23. The van der Waals surface area contributed by atoms with Crippen LogP contribution >= 0.6 is 0 Å². The highest BCUT2D eigenvalue weighted by molar-refractivity contribution is 5.76. The van der Waals surface area contributed by atoms with Crippen molar-refractivity contribution in [3.63, 3.8) is 0 Å². The van der Waals surface area contributed by atoms with Gasteiger partial charge in [0, 0.05) is 38.2 Å². The molecule has 6 nitrogen and oxygen atoms in total. The van der Waals surface area contributed by atoms with Gasteiger partial charge in [0.2, 0.25) is 17.6 Å². The van der Waals surface area contributed by atoms with E-state index < -0.39 is 11.6 Å². The summed E-state index contributed by atoms with van der Waals surface area (Å²) >= 11 is 0. The molecule has 8 heteroatoms. The van der Waals surface area contributed by atoms with Gasteiger partial charge in [-0.1, -0.05) is 29.4 Å². The number of piperazine rings is 1. The van der Waals surface area contributed by atoms with Gasteiger partial charge in [-0.15, -0.1) is 0 Å². The first-order valence-electron chi connectivity index (χ1n) is 10.3. The maximum Gasteiger partial charge on any atom is 0.241 e. The van der Waals surface area contributed by atoms with E-state index in [1.54, 1.807) is 4.90 Å². The third-order valence-corrected chi connectivity index (χ3v) is 5.55. The van der Waals surface area contributed by atoms with Crippen molar-refractivity contribution in [3.05, 3.63) is 71.1 Å². The quantitative estimate of drug-likeness (QED) is 0.603. The van der Waals surface area contributed by atoms with E-state index in [0.717, 1.165) is 29.3 Å². The van der Waals surface area contributed by atoms with Crippen LogP contribution in [0.2, 0.25) is 0 Å². The molecule has 1 amide bonds. The third-order valence-electron chi connectivity index (χ3n) is 5.55. The zero-order valence-electron chi connectivity index (χ0n) is 17.4. The van der Waals surface area contributed by atoms with E-state index in [4.69, 9.17) is 4.52 Å². The van der Waals surface area contributed by atoms with Crippen LogP contribution < -0.4 is 0 Å². The van der Waals surface area contributed by atoms with E-state index in [-0.39, 0.29) is 24.3 Å². The second-order valence-electron chi connectivity index (χ2n) is 7.72. The summed E-state index contributed by atoms with van der Waals surface area (Å²) in [5.41, 5.74) is 2.26. The summed E-state index contributed by atoms with van der Waals surface area (Å²) in [6, 6.07) is 11.2. The lowest BCUT2D eigenvalue weighted by atomic mass is 10.1. The molecule has 0 aliphatic carbocycles. The van der Waals surface area contributed by atoms with Gasteiger partial charge in [0.1, 0.15) is 11.6 Å². The number of hydrogen-bond acceptors (Lipinski definition) is 5. The highest BCUT2D eigenvalue weighted by atomic mass is 19.1. The van der Waals surface area contributed by atoms with Crippen LogP contribution in [0.4, 0.5) is 8.78 Å². The van der Waals surface area contributed by atoms with Crippen molar-refractivity contribution in [2.24, 2.45) is 0 Å². The monoisotopic (exact) mass is 426 g/mol. The number of aryl methyl sites for hydroxylation is 2. The van der Waals surface area contributed by atoms with E-state index in [1.807, 2.05) is 31.2 Å². The molecule has 2 heterocycles. The van der Waals surface area contributed by atoms with E-state index in [2.05, 4.69) is 15.0 Å². The fraction of sp³-hybridized carbons (Fsp3) is 0.348. The molecule has 31 heavy (non-hydrogen) atoms. The molecule has 0 unspecified atom stereocenters. The van der Waals surface area contributed by atoms with E-state index in [0.29, 0.717) is 44.4 Å². The van der Waals surface area contributed by atoms with Crippen molar-refractivity contribution in [3.8, 4) is 11.4 Å². The van der Waals surface area contributed by atoms with Crippen LogP contribution in [0.5, 0.6) is 0 Å². The Kier molecular flexibility index (Phi) is 6.36. The van der Waals surface area contributed by atoms with Crippen LogP contribution in [0.15, 0.2) is 47.0 Å². The maximum absolute atomic E-state index is 13.7. The zero-order valence-corrected chi connectivity index (χ0v) is 17.4. The number of carbonyl (C=O) groups excluding carboxylic acids is 1. The first-order valence-corrected chi connectivity index (χ1v) is 10.3. The van der Waals surface area contributed by atoms with Gasteiger partial charge in [-0.2, -0.15) is 4.98 Å². The number of rotatable bonds is 6. The minimum atomic E-state index is -0.496. The highest BCUT2D eigenvalue weighted by Crippen LogP contribution is 2.20. The molecule has 0 saturated carbocycles. The molecule has 4 rings (SSSR count). The molecule has 0 radical (unpaired) electrons. The topological polar surface area (TPSA) is 62.5 Å². The molecule has 1 aliphatic rings. The van der Waals surface area contributed by atoms with Crippen LogP contribution in [-0.4, -0.2) is 52.0 Å². The summed E-state index contributed by atoms with van der Waals surface area (Å²) in [7, 11) is 0. The number of halogens is 2.